The number of halogens is 4. The summed E-state index contributed by atoms with van der Waals surface area (Å²) in [5.41, 5.74) is 1.72. The number of aromatic nitrogens is 5. The summed E-state index contributed by atoms with van der Waals surface area (Å²) >= 11 is 11.9. The average molecular weight is 590 g/mol. The molecule has 5 heterocycles. The van der Waals surface area contributed by atoms with Gasteiger partial charge >= 0.3 is 0 Å². The van der Waals surface area contributed by atoms with Crippen LogP contribution in [-0.4, -0.2) is 68.0 Å². The Morgan fingerprint density at radius 1 is 1.05 bits per heavy atom. The van der Waals surface area contributed by atoms with Crippen LogP contribution in [0.15, 0.2) is 36.4 Å². The summed E-state index contributed by atoms with van der Waals surface area (Å²) < 4.78 is 42.4. The largest absolute Gasteiger partial charge is 0.473 e. The summed E-state index contributed by atoms with van der Waals surface area (Å²) in [5.74, 6) is 0.371. The first-order valence-electron chi connectivity index (χ1n) is 13.1. The van der Waals surface area contributed by atoms with E-state index in [4.69, 9.17) is 37.7 Å². The highest BCUT2D eigenvalue weighted by molar-refractivity contribution is 6.30. The fourth-order valence-electron chi connectivity index (χ4n) is 5.00. The summed E-state index contributed by atoms with van der Waals surface area (Å²) in [6.45, 7) is 5.81. The first-order valence-corrected chi connectivity index (χ1v) is 13.8. The number of anilines is 1. The number of piperazine rings is 1. The van der Waals surface area contributed by atoms with Gasteiger partial charge in [-0.25, -0.2) is 13.8 Å². The molecule has 0 N–H and O–H groups in total. The Morgan fingerprint density at radius 3 is 2.65 bits per heavy atom. The van der Waals surface area contributed by atoms with Crippen molar-refractivity contribution in [1.29, 1.82) is 0 Å². The Kier molecular flexibility index (Phi) is 7.71. The highest BCUT2D eigenvalue weighted by atomic mass is 35.5. The number of imidazole rings is 1. The summed E-state index contributed by atoms with van der Waals surface area (Å²) in [6.07, 6.45) is 1.12. The third-order valence-corrected chi connectivity index (χ3v) is 7.74. The van der Waals surface area contributed by atoms with Crippen molar-refractivity contribution in [3.8, 4) is 5.88 Å². The van der Waals surface area contributed by atoms with Crippen LogP contribution >= 0.6 is 23.2 Å². The third kappa shape index (κ3) is 5.69. The van der Waals surface area contributed by atoms with Crippen molar-refractivity contribution in [3.05, 3.63) is 69.6 Å². The number of benzene rings is 1. The summed E-state index contributed by atoms with van der Waals surface area (Å²) in [5, 5.41) is 8.89. The van der Waals surface area contributed by atoms with Gasteiger partial charge in [-0.1, -0.05) is 29.3 Å². The first-order chi connectivity index (χ1) is 19.3. The molecule has 9 nitrogen and oxygen atoms in total. The molecule has 0 bridgehead atoms. The van der Waals surface area contributed by atoms with Crippen molar-refractivity contribution in [2.75, 3.05) is 31.1 Å². The van der Waals surface area contributed by atoms with Crippen LogP contribution in [0.3, 0.4) is 0 Å². The van der Waals surface area contributed by atoms with E-state index in [2.05, 4.69) is 31.6 Å². The van der Waals surface area contributed by atoms with Crippen molar-refractivity contribution in [2.24, 2.45) is 0 Å². The number of rotatable bonds is 8. The predicted molar refractivity (Wildman–Crippen MR) is 147 cm³/mol. The molecule has 2 aliphatic rings. The van der Waals surface area contributed by atoms with Crippen molar-refractivity contribution >= 4 is 40.2 Å². The van der Waals surface area contributed by atoms with Gasteiger partial charge in [0.15, 0.2) is 22.4 Å². The van der Waals surface area contributed by atoms with Crippen LogP contribution in [0.1, 0.15) is 24.7 Å². The molecule has 2 aliphatic heterocycles. The van der Waals surface area contributed by atoms with Crippen molar-refractivity contribution in [3.63, 3.8) is 0 Å². The van der Waals surface area contributed by atoms with Gasteiger partial charge in [-0.15, -0.1) is 10.2 Å². The van der Waals surface area contributed by atoms with Crippen LogP contribution in [-0.2, 0) is 24.4 Å². The van der Waals surface area contributed by atoms with Crippen LogP contribution in [0.5, 0.6) is 5.88 Å². The Bertz CT molecular complexity index is 1530. The second-order valence-corrected chi connectivity index (χ2v) is 10.9. The lowest BCUT2D eigenvalue weighted by molar-refractivity contribution is -0.0593. The number of nitrogens with zero attached hydrogens (tertiary/aromatic N) is 7. The molecule has 4 aromatic rings. The van der Waals surface area contributed by atoms with Gasteiger partial charge in [0.1, 0.15) is 23.8 Å². The molecule has 0 saturated carbocycles. The Hall–Kier alpha value is -3.12. The standard InChI is InChI=1S/C27H27Cl2F2N7O2/c1-16-12-37(26-20(30)4-5-25(33-26)40-15-17-2-3-18(28)10-21(17)31)8-7-36(16)14-24-32-22-11-23(29)34-35-27(22)38(24)13-19-6-9-39-19/h2-5,10-11,16,19H,6-9,12-15H2,1H3. The molecule has 0 spiro atoms. The predicted octanol–water partition coefficient (Wildman–Crippen LogP) is 4.88. The summed E-state index contributed by atoms with van der Waals surface area (Å²) in [6, 6.07) is 8.93. The van der Waals surface area contributed by atoms with E-state index in [9.17, 15) is 8.78 Å². The SMILES string of the molecule is CC1CN(c2nc(OCc3ccc(Cl)cc3F)ccc2F)CCN1Cc1nc2cc(Cl)nnc2n1CC1CCO1. The van der Waals surface area contributed by atoms with E-state index >= 15 is 0 Å². The van der Waals surface area contributed by atoms with E-state index in [-0.39, 0.29) is 30.5 Å². The highest BCUT2D eigenvalue weighted by Crippen LogP contribution is 2.27. The number of pyridine rings is 1. The minimum absolute atomic E-state index is 0.0479. The van der Waals surface area contributed by atoms with Gasteiger partial charge in [-0.05, 0) is 31.5 Å². The van der Waals surface area contributed by atoms with Crippen molar-refractivity contribution < 1.29 is 18.3 Å². The normalized spacial score (nSPS) is 19.7. The van der Waals surface area contributed by atoms with Crippen LogP contribution in [0.25, 0.3) is 11.2 Å². The van der Waals surface area contributed by atoms with Gasteiger partial charge in [0.2, 0.25) is 5.88 Å². The van der Waals surface area contributed by atoms with E-state index in [1.54, 1.807) is 18.2 Å². The lowest BCUT2D eigenvalue weighted by Crippen LogP contribution is -2.52. The van der Waals surface area contributed by atoms with Gasteiger partial charge in [0.25, 0.3) is 0 Å². The zero-order valence-corrected chi connectivity index (χ0v) is 23.2. The molecule has 210 valence electrons. The maximum absolute atomic E-state index is 14.9. The van der Waals surface area contributed by atoms with Crippen molar-refractivity contribution in [2.45, 2.75) is 45.2 Å². The lowest BCUT2D eigenvalue weighted by atomic mass is 10.1. The molecule has 1 aromatic carbocycles. The van der Waals surface area contributed by atoms with E-state index in [1.807, 2.05) is 4.90 Å². The maximum Gasteiger partial charge on any atom is 0.215 e. The van der Waals surface area contributed by atoms with Crippen LogP contribution in [0.2, 0.25) is 10.2 Å². The van der Waals surface area contributed by atoms with Crippen LogP contribution in [0, 0.1) is 11.6 Å². The second-order valence-electron chi connectivity index (χ2n) is 10.0. The van der Waals surface area contributed by atoms with E-state index in [0.717, 1.165) is 18.9 Å². The molecule has 2 atom stereocenters. The molecule has 3 aromatic heterocycles. The summed E-state index contributed by atoms with van der Waals surface area (Å²) in [4.78, 5) is 13.4. The minimum atomic E-state index is -0.469. The zero-order chi connectivity index (χ0) is 27.8. The number of hydrogen-bond acceptors (Lipinski definition) is 8. The molecule has 0 amide bonds. The third-order valence-electron chi connectivity index (χ3n) is 7.32. The highest BCUT2D eigenvalue weighted by Gasteiger charge is 2.29. The minimum Gasteiger partial charge on any atom is -0.473 e. The maximum atomic E-state index is 14.9. The molecule has 13 heteroatoms. The monoisotopic (exact) mass is 589 g/mol. The van der Waals surface area contributed by atoms with E-state index in [0.29, 0.717) is 59.6 Å². The fourth-order valence-corrected chi connectivity index (χ4v) is 5.30. The molecular formula is C27H27Cl2F2N7O2. The van der Waals surface area contributed by atoms with Gasteiger partial charge in [0.05, 0.1) is 19.2 Å². The Balaban J connectivity index is 1.14. The lowest BCUT2D eigenvalue weighted by Gasteiger charge is -2.40. The Morgan fingerprint density at radius 2 is 1.90 bits per heavy atom. The molecule has 0 radical (unpaired) electrons. The van der Waals surface area contributed by atoms with E-state index in [1.165, 1.54) is 18.2 Å². The van der Waals surface area contributed by atoms with E-state index < -0.39 is 11.6 Å². The average Bonchev–Trinajstić information content (AvgIpc) is 3.23. The van der Waals surface area contributed by atoms with Crippen molar-refractivity contribution in [1.82, 2.24) is 29.6 Å². The molecule has 0 aliphatic carbocycles. The fraction of sp³-hybridized carbons (Fsp3) is 0.407. The first kappa shape index (κ1) is 27.1. The molecule has 2 saturated heterocycles. The Labute approximate surface area is 239 Å². The number of ether oxygens (including phenoxy) is 2. The topological polar surface area (TPSA) is 81.4 Å². The molecular weight excluding hydrogens is 563 g/mol. The van der Waals surface area contributed by atoms with Gasteiger partial charge in [-0.2, -0.15) is 4.98 Å². The molecule has 2 fully saturated rings. The molecule has 2 unspecified atom stereocenters. The molecule has 40 heavy (non-hydrogen) atoms. The number of hydrogen-bond donors (Lipinski definition) is 0. The zero-order valence-electron chi connectivity index (χ0n) is 21.7. The van der Waals surface area contributed by atoms with Crippen LogP contribution in [0.4, 0.5) is 14.6 Å². The van der Waals surface area contributed by atoms with Gasteiger partial charge in [-0.3, -0.25) is 4.90 Å². The van der Waals surface area contributed by atoms with Gasteiger partial charge in [0, 0.05) is 55.0 Å². The summed E-state index contributed by atoms with van der Waals surface area (Å²) in [7, 11) is 0. The smallest absolute Gasteiger partial charge is 0.215 e. The quantitative estimate of drug-likeness (QED) is 0.287. The number of fused-ring (bicyclic) bond motifs is 1. The van der Waals surface area contributed by atoms with Crippen LogP contribution < -0.4 is 9.64 Å². The molecule has 6 rings (SSSR count). The second kappa shape index (κ2) is 11.4. The van der Waals surface area contributed by atoms with Gasteiger partial charge < -0.3 is 18.9 Å².